The number of hydrazine groups is 1. The molecule has 0 aliphatic heterocycles. The molecular weight excluding hydrogens is 348 g/mol. The van der Waals surface area contributed by atoms with E-state index in [1.165, 1.54) is 0 Å². The Hall–Kier alpha value is -3.49. The molecule has 0 bridgehead atoms. The first-order valence-corrected chi connectivity index (χ1v) is 8.67. The van der Waals surface area contributed by atoms with Crippen LogP contribution in [-0.2, 0) is 17.6 Å². The van der Waals surface area contributed by atoms with E-state index in [1.54, 1.807) is 6.07 Å². The molecule has 3 N–H and O–H groups in total. The molecule has 3 rings (SSSR count). The molecule has 3 aromatic rings. The van der Waals surface area contributed by atoms with Crippen molar-refractivity contribution in [1.82, 2.24) is 31.2 Å². The summed E-state index contributed by atoms with van der Waals surface area (Å²) in [5.41, 5.74) is 6.54. The summed E-state index contributed by atoms with van der Waals surface area (Å²) in [4.78, 5) is 28.1. The van der Waals surface area contributed by atoms with Crippen LogP contribution in [0.5, 0.6) is 0 Å². The van der Waals surface area contributed by atoms with E-state index in [4.69, 9.17) is 4.52 Å². The highest BCUT2D eigenvalue weighted by Gasteiger charge is 2.12. The molecule has 1 aromatic carbocycles. The number of aryl methyl sites for hydroxylation is 2. The number of amides is 2. The Balaban J connectivity index is 1.42. The van der Waals surface area contributed by atoms with Crippen molar-refractivity contribution >= 4 is 11.8 Å². The van der Waals surface area contributed by atoms with Gasteiger partial charge in [0.05, 0.1) is 5.69 Å². The number of carbonyl (C=O) groups excluding carboxylic acids is 2. The molecule has 0 saturated carbocycles. The van der Waals surface area contributed by atoms with Crippen LogP contribution in [0.15, 0.2) is 40.9 Å². The Morgan fingerprint density at radius 1 is 1.19 bits per heavy atom. The number of H-pyrrole nitrogens is 1. The van der Waals surface area contributed by atoms with Gasteiger partial charge in [-0.3, -0.25) is 25.5 Å². The molecule has 0 atom stereocenters. The second-order valence-corrected chi connectivity index (χ2v) is 5.85. The van der Waals surface area contributed by atoms with Crippen LogP contribution in [0.2, 0.25) is 0 Å². The number of aromatic nitrogens is 4. The van der Waals surface area contributed by atoms with Gasteiger partial charge in [0.15, 0.2) is 5.82 Å². The largest absolute Gasteiger partial charge is 0.339 e. The number of nitrogens with one attached hydrogen (secondary N) is 3. The summed E-state index contributed by atoms with van der Waals surface area (Å²) in [6, 6.07) is 11.1. The third kappa shape index (κ3) is 5.00. The Morgan fingerprint density at radius 3 is 2.74 bits per heavy atom. The molecule has 2 heterocycles. The molecule has 27 heavy (non-hydrogen) atoms. The normalized spacial score (nSPS) is 10.6. The fourth-order valence-corrected chi connectivity index (χ4v) is 2.39. The van der Waals surface area contributed by atoms with Gasteiger partial charge in [0.2, 0.25) is 11.8 Å². The molecule has 140 valence electrons. The van der Waals surface area contributed by atoms with Gasteiger partial charge in [0.25, 0.3) is 5.91 Å². The van der Waals surface area contributed by atoms with E-state index in [-0.39, 0.29) is 18.0 Å². The molecule has 0 aliphatic carbocycles. The molecule has 0 fully saturated rings. The minimum absolute atomic E-state index is 0.225. The zero-order valence-electron chi connectivity index (χ0n) is 14.9. The van der Waals surface area contributed by atoms with Crippen LogP contribution >= 0.6 is 0 Å². The lowest BCUT2D eigenvalue weighted by molar-refractivity contribution is -0.121. The highest BCUT2D eigenvalue weighted by Crippen LogP contribution is 2.16. The SMILES string of the molecule is CCc1noc(CCCC(=O)NNC(=O)c2cc(-c3ccccc3)n[nH]2)n1. The van der Waals surface area contributed by atoms with Gasteiger partial charge in [-0.15, -0.1) is 0 Å². The van der Waals surface area contributed by atoms with Gasteiger partial charge in [-0.05, 0) is 12.5 Å². The standard InChI is InChI=1S/C18H20N6O3/c1-2-15-19-17(27-24-15)10-6-9-16(25)22-23-18(26)14-11-13(20-21-14)12-7-4-3-5-8-12/h3-5,7-8,11H,2,6,9-10H2,1H3,(H,20,21)(H,22,25)(H,23,26). The maximum absolute atomic E-state index is 12.1. The molecule has 9 heteroatoms. The van der Waals surface area contributed by atoms with E-state index >= 15 is 0 Å². The first kappa shape index (κ1) is 18.3. The number of aromatic amines is 1. The van der Waals surface area contributed by atoms with Gasteiger partial charge in [0, 0.05) is 24.8 Å². The lowest BCUT2D eigenvalue weighted by Gasteiger charge is -2.05. The number of benzene rings is 1. The molecule has 0 saturated heterocycles. The smallest absolute Gasteiger partial charge is 0.287 e. The van der Waals surface area contributed by atoms with E-state index in [2.05, 4.69) is 31.2 Å². The summed E-state index contributed by atoms with van der Waals surface area (Å²) in [5, 5.41) is 10.6. The number of carbonyl (C=O) groups is 2. The van der Waals surface area contributed by atoms with Gasteiger partial charge in [-0.2, -0.15) is 10.1 Å². The molecule has 0 radical (unpaired) electrons. The molecule has 0 aliphatic rings. The summed E-state index contributed by atoms with van der Waals surface area (Å²) < 4.78 is 5.06. The molecular formula is C18H20N6O3. The lowest BCUT2D eigenvalue weighted by atomic mass is 10.1. The topological polar surface area (TPSA) is 126 Å². The number of hydrogen-bond acceptors (Lipinski definition) is 6. The Bertz CT molecular complexity index is 903. The zero-order chi connectivity index (χ0) is 19.1. The van der Waals surface area contributed by atoms with Crippen molar-refractivity contribution in [3.63, 3.8) is 0 Å². The average Bonchev–Trinajstić information content (AvgIpc) is 3.36. The maximum atomic E-state index is 12.1. The number of rotatable bonds is 7. The predicted octanol–water partition coefficient (Wildman–Crippen LogP) is 1.81. The van der Waals surface area contributed by atoms with Gasteiger partial charge in [0.1, 0.15) is 5.69 Å². The third-order valence-electron chi connectivity index (χ3n) is 3.83. The fraction of sp³-hybridized carbons (Fsp3) is 0.278. The number of hydrogen-bond donors (Lipinski definition) is 3. The van der Waals surface area contributed by atoms with Crippen molar-refractivity contribution in [3.8, 4) is 11.3 Å². The fourth-order valence-electron chi connectivity index (χ4n) is 2.39. The highest BCUT2D eigenvalue weighted by atomic mass is 16.5. The zero-order valence-corrected chi connectivity index (χ0v) is 14.9. The maximum Gasteiger partial charge on any atom is 0.287 e. The van der Waals surface area contributed by atoms with Crippen molar-refractivity contribution in [2.75, 3.05) is 0 Å². The second-order valence-electron chi connectivity index (χ2n) is 5.85. The Morgan fingerprint density at radius 2 is 2.00 bits per heavy atom. The van der Waals surface area contributed by atoms with Crippen molar-refractivity contribution in [1.29, 1.82) is 0 Å². The van der Waals surface area contributed by atoms with Gasteiger partial charge < -0.3 is 4.52 Å². The molecule has 0 spiro atoms. The summed E-state index contributed by atoms with van der Waals surface area (Å²) in [5.74, 6) is 0.384. The minimum atomic E-state index is -0.470. The van der Waals surface area contributed by atoms with E-state index in [9.17, 15) is 9.59 Å². The first-order chi connectivity index (χ1) is 13.2. The van der Waals surface area contributed by atoms with Gasteiger partial charge in [-0.1, -0.05) is 42.4 Å². The molecule has 0 unspecified atom stereocenters. The Kier molecular flexibility index (Phi) is 5.93. The lowest BCUT2D eigenvalue weighted by Crippen LogP contribution is -2.41. The average molecular weight is 368 g/mol. The minimum Gasteiger partial charge on any atom is -0.339 e. The van der Waals surface area contributed by atoms with Gasteiger partial charge in [-0.25, -0.2) is 0 Å². The van der Waals surface area contributed by atoms with Crippen LogP contribution in [-0.4, -0.2) is 32.2 Å². The first-order valence-electron chi connectivity index (χ1n) is 8.67. The molecule has 2 amide bonds. The van der Waals surface area contributed by atoms with Crippen LogP contribution in [0.4, 0.5) is 0 Å². The predicted molar refractivity (Wildman–Crippen MR) is 96.2 cm³/mol. The van der Waals surface area contributed by atoms with Crippen LogP contribution in [0.1, 0.15) is 42.0 Å². The Labute approximate surface area is 155 Å². The van der Waals surface area contributed by atoms with Crippen molar-refractivity contribution in [3.05, 3.63) is 53.8 Å². The summed E-state index contributed by atoms with van der Waals surface area (Å²) in [7, 11) is 0. The summed E-state index contributed by atoms with van der Waals surface area (Å²) in [6.07, 6.45) is 1.97. The van der Waals surface area contributed by atoms with Gasteiger partial charge >= 0.3 is 0 Å². The monoisotopic (exact) mass is 368 g/mol. The molecule has 9 nitrogen and oxygen atoms in total. The van der Waals surface area contributed by atoms with E-state index in [1.807, 2.05) is 37.3 Å². The van der Waals surface area contributed by atoms with Crippen molar-refractivity contribution < 1.29 is 14.1 Å². The van der Waals surface area contributed by atoms with Crippen molar-refractivity contribution in [2.45, 2.75) is 32.6 Å². The van der Waals surface area contributed by atoms with Crippen LogP contribution in [0.3, 0.4) is 0 Å². The third-order valence-corrected chi connectivity index (χ3v) is 3.83. The van der Waals surface area contributed by atoms with Crippen molar-refractivity contribution in [2.24, 2.45) is 0 Å². The number of nitrogens with zero attached hydrogens (tertiary/aromatic N) is 3. The second kappa shape index (κ2) is 8.75. The van der Waals surface area contributed by atoms with Crippen LogP contribution < -0.4 is 10.9 Å². The quantitative estimate of drug-likeness (QED) is 0.546. The van der Waals surface area contributed by atoms with E-state index < -0.39 is 5.91 Å². The van der Waals surface area contributed by atoms with E-state index in [0.29, 0.717) is 36.7 Å². The summed E-state index contributed by atoms with van der Waals surface area (Å²) in [6.45, 7) is 1.94. The summed E-state index contributed by atoms with van der Waals surface area (Å²) >= 11 is 0. The van der Waals surface area contributed by atoms with E-state index in [0.717, 1.165) is 5.56 Å². The molecule has 2 aromatic heterocycles. The van der Waals surface area contributed by atoms with Crippen LogP contribution in [0.25, 0.3) is 11.3 Å². The highest BCUT2D eigenvalue weighted by molar-refractivity contribution is 5.94. The van der Waals surface area contributed by atoms with Crippen LogP contribution in [0, 0.1) is 0 Å².